The SMILES string of the molecule is CCCNC(Cc1csc(C)n1)c1cc(C)cc(Cl)c1. The fourth-order valence-corrected chi connectivity index (χ4v) is 3.23. The van der Waals surface area contributed by atoms with E-state index in [1.54, 1.807) is 11.3 Å². The summed E-state index contributed by atoms with van der Waals surface area (Å²) in [4.78, 5) is 4.57. The first kappa shape index (κ1) is 15.5. The van der Waals surface area contributed by atoms with Gasteiger partial charge in [-0.2, -0.15) is 0 Å². The van der Waals surface area contributed by atoms with Gasteiger partial charge in [-0.25, -0.2) is 4.98 Å². The molecular weight excluding hydrogens is 288 g/mol. The molecule has 0 aliphatic carbocycles. The second kappa shape index (κ2) is 7.21. The molecule has 1 aromatic heterocycles. The monoisotopic (exact) mass is 308 g/mol. The summed E-state index contributed by atoms with van der Waals surface area (Å²) in [5, 5.41) is 7.68. The van der Waals surface area contributed by atoms with Gasteiger partial charge in [0.2, 0.25) is 0 Å². The molecule has 0 aliphatic heterocycles. The van der Waals surface area contributed by atoms with E-state index in [4.69, 9.17) is 11.6 Å². The van der Waals surface area contributed by atoms with Crippen molar-refractivity contribution in [3.8, 4) is 0 Å². The average Bonchev–Trinajstić information content (AvgIpc) is 2.79. The van der Waals surface area contributed by atoms with Crippen LogP contribution in [0.5, 0.6) is 0 Å². The minimum atomic E-state index is 0.272. The number of hydrogen-bond donors (Lipinski definition) is 1. The molecule has 0 saturated carbocycles. The topological polar surface area (TPSA) is 24.9 Å². The Kier molecular flexibility index (Phi) is 5.58. The number of benzene rings is 1. The first-order valence-electron chi connectivity index (χ1n) is 7.00. The molecule has 1 aromatic carbocycles. The Labute approximate surface area is 130 Å². The molecule has 2 rings (SSSR count). The van der Waals surface area contributed by atoms with Gasteiger partial charge in [0.15, 0.2) is 0 Å². The Hall–Kier alpha value is -0.900. The number of thiazole rings is 1. The van der Waals surface area contributed by atoms with Crippen LogP contribution in [-0.2, 0) is 6.42 Å². The number of hydrogen-bond acceptors (Lipinski definition) is 3. The summed E-state index contributed by atoms with van der Waals surface area (Å²) in [7, 11) is 0. The molecule has 0 fully saturated rings. The third-order valence-corrected chi connectivity index (χ3v) is 4.23. The molecule has 1 heterocycles. The number of nitrogens with zero attached hydrogens (tertiary/aromatic N) is 1. The molecule has 0 bridgehead atoms. The first-order valence-corrected chi connectivity index (χ1v) is 8.25. The first-order chi connectivity index (χ1) is 9.58. The van der Waals surface area contributed by atoms with E-state index in [-0.39, 0.29) is 6.04 Å². The van der Waals surface area contributed by atoms with Crippen molar-refractivity contribution >= 4 is 22.9 Å². The van der Waals surface area contributed by atoms with Crippen molar-refractivity contribution < 1.29 is 0 Å². The van der Waals surface area contributed by atoms with Gasteiger partial charge in [-0.3, -0.25) is 0 Å². The standard InChI is InChI=1S/C16H21ClN2S/c1-4-5-18-16(9-15-10-20-12(3)19-15)13-6-11(2)7-14(17)8-13/h6-8,10,16,18H,4-5,9H2,1-3H3. The van der Waals surface area contributed by atoms with Gasteiger partial charge in [0.05, 0.1) is 10.7 Å². The van der Waals surface area contributed by atoms with Crippen molar-refractivity contribution in [1.82, 2.24) is 10.3 Å². The number of aromatic nitrogens is 1. The highest BCUT2D eigenvalue weighted by Gasteiger charge is 2.14. The number of rotatable bonds is 6. The molecule has 0 saturated heterocycles. The fraction of sp³-hybridized carbons (Fsp3) is 0.438. The van der Waals surface area contributed by atoms with Gasteiger partial charge in [-0.05, 0) is 50.1 Å². The van der Waals surface area contributed by atoms with Crippen LogP contribution in [0.15, 0.2) is 23.6 Å². The Balaban J connectivity index is 2.21. The highest BCUT2D eigenvalue weighted by atomic mass is 35.5. The van der Waals surface area contributed by atoms with Crippen molar-refractivity contribution in [2.24, 2.45) is 0 Å². The van der Waals surface area contributed by atoms with Gasteiger partial charge in [0.1, 0.15) is 0 Å². The second-order valence-corrected chi connectivity index (χ2v) is 6.63. The molecule has 1 N–H and O–H groups in total. The lowest BCUT2D eigenvalue weighted by Gasteiger charge is -2.19. The van der Waals surface area contributed by atoms with Crippen LogP contribution >= 0.6 is 22.9 Å². The van der Waals surface area contributed by atoms with Crippen molar-refractivity contribution in [2.75, 3.05) is 6.54 Å². The molecule has 1 unspecified atom stereocenters. The lowest BCUT2D eigenvalue weighted by molar-refractivity contribution is 0.525. The molecular formula is C16H21ClN2S. The lowest BCUT2D eigenvalue weighted by atomic mass is 10.0. The van der Waals surface area contributed by atoms with E-state index in [2.05, 4.69) is 41.7 Å². The zero-order valence-electron chi connectivity index (χ0n) is 12.2. The second-order valence-electron chi connectivity index (χ2n) is 5.13. The third-order valence-electron chi connectivity index (χ3n) is 3.19. The minimum Gasteiger partial charge on any atom is -0.310 e. The summed E-state index contributed by atoms with van der Waals surface area (Å²) < 4.78 is 0. The van der Waals surface area contributed by atoms with Crippen LogP contribution in [0, 0.1) is 13.8 Å². The summed E-state index contributed by atoms with van der Waals surface area (Å²) in [6.45, 7) is 7.31. The summed E-state index contributed by atoms with van der Waals surface area (Å²) in [6.07, 6.45) is 2.02. The Morgan fingerprint density at radius 2 is 2.10 bits per heavy atom. The van der Waals surface area contributed by atoms with E-state index in [0.29, 0.717) is 0 Å². The van der Waals surface area contributed by atoms with Crippen LogP contribution in [0.25, 0.3) is 0 Å². The van der Waals surface area contributed by atoms with Crippen LogP contribution in [0.3, 0.4) is 0 Å². The third kappa shape index (κ3) is 4.30. The average molecular weight is 309 g/mol. The molecule has 0 radical (unpaired) electrons. The van der Waals surface area contributed by atoms with Gasteiger partial charge in [-0.1, -0.05) is 24.6 Å². The predicted octanol–water partition coefficient (Wildman–Crippen LogP) is 4.70. The van der Waals surface area contributed by atoms with Gasteiger partial charge in [-0.15, -0.1) is 11.3 Å². The summed E-state index contributed by atoms with van der Waals surface area (Å²) in [5.74, 6) is 0. The lowest BCUT2D eigenvalue weighted by Crippen LogP contribution is -2.24. The molecule has 108 valence electrons. The maximum atomic E-state index is 6.19. The fourth-order valence-electron chi connectivity index (χ4n) is 2.30. The Morgan fingerprint density at radius 1 is 1.30 bits per heavy atom. The molecule has 1 atom stereocenters. The van der Waals surface area contributed by atoms with Crippen molar-refractivity contribution in [3.63, 3.8) is 0 Å². The van der Waals surface area contributed by atoms with Crippen LogP contribution < -0.4 is 5.32 Å². The smallest absolute Gasteiger partial charge is 0.0897 e. The zero-order valence-corrected chi connectivity index (χ0v) is 13.8. The molecule has 0 spiro atoms. The van der Waals surface area contributed by atoms with Gasteiger partial charge < -0.3 is 5.32 Å². The Bertz CT molecular complexity index is 545. The molecule has 2 nitrogen and oxygen atoms in total. The summed E-state index contributed by atoms with van der Waals surface area (Å²) in [5.41, 5.74) is 3.60. The number of nitrogens with one attached hydrogen (secondary N) is 1. The number of halogens is 1. The number of aryl methyl sites for hydroxylation is 2. The quantitative estimate of drug-likeness (QED) is 0.837. The molecule has 0 amide bonds. The maximum Gasteiger partial charge on any atom is 0.0897 e. The van der Waals surface area contributed by atoms with Crippen molar-refractivity contribution in [2.45, 2.75) is 39.7 Å². The summed E-state index contributed by atoms with van der Waals surface area (Å²) in [6, 6.07) is 6.53. The van der Waals surface area contributed by atoms with Crippen LogP contribution in [-0.4, -0.2) is 11.5 Å². The van der Waals surface area contributed by atoms with Gasteiger partial charge in [0.25, 0.3) is 0 Å². The van der Waals surface area contributed by atoms with Gasteiger partial charge in [0, 0.05) is 22.9 Å². The van der Waals surface area contributed by atoms with Crippen LogP contribution in [0.4, 0.5) is 0 Å². The van der Waals surface area contributed by atoms with Gasteiger partial charge >= 0.3 is 0 Å². The van der Waals surface area contributed by atoms with E-state index < -0.39 is 0 Å². The van der Waals surface area contributed by atoms with Crippen molar-refractivity contribution in [1.29, 1.82) is 0 Å². The highest BCUT2D eigenvalue weighted by Crippen LogP contribution is 2.24. The molecule has 20 heavy (non-hydrogen) atoms. The maximum absolute atomic E-state index is 6.19. The van der Waals surface area contributed by atoms with E-state index in [0.717, 1.165) is 35.1 Å². The zero-order chi connectivity index (χ0) is 14.5. The molecule has 2 aromatic rings. The van der Waals surface area contributed by atoms with Crippen LogP contribution in [0.2, 0.25) is 5.02 Å². The van der Waals surface area contributed by atoms with Crippen molar-refractivity contribution in [3.05, 3.63) is 50.4 Å². The highest BCUT2D eigenvalue weighted by molar-refractivity contribution is 7.09. The van der Waals surface area contributed by atoms with E-state index in [1.807, 2.05) is 13.0 Å². The van der Waals surface area contributed by atoms with E-state index >= 15 is 0 Å². The summed E-state index contributed by atoms with van der Waals surface area (Å²) >= 11 is 7.90. The Morgan fingerprint density at radius 3 is 2.70 bits per heavy atom. The van der Waals surface area contributed by atoms with E-state index in [9.17, 15) is 0 Å². The normalized spacial score (nSPS) is 12.6. The van der Waals surface area contributed by atoms with Crippen LogP contribution in [0.1, 0.15) is 41.2 Å². The molecule has 4 heteroatoms. The predicted molar refractivity (Wildman–Crippen MR) is 87.8 cm³/mol. The van der Waals surface area contributed by atoms with E-state index in [1.165, 1.54) is 11.1 Å². The largest absolute Gasteiger partial charge is 0.310 e. The molecule has 0 aliphatic rings. The minimum absolute atomic E-state index is 0.272.